The van der Waals surface area contributed by atoms with E-state index in [2.05, 4.69) is 258 Å². The lowest BCUT2D eigenvalue weighted by Gasteiger charge is -2.47. The molecule has 396 valence electrons. The normalized spacial score (nSPS) is 18.1. The first kappa shape index (κ1) is 49.0. The van der Waals surface area contributed by atoms with E-state index in [-0.39, 0.29) is 16.7 Å². The van der Waals surface area contributed by atoms with Crippen LogP contribution in [-0.4, -0.2) is 11.3 Å². The third-order valence-electron chi connectivity index (χ3n) is 19.0. The minimum atomic E-state index is -0.736. The summed E-state index contributed by atoms with van der Waals surface area (Å²) in [7, 11) is 0. The van der Waals surface area contributed by atoms with Gasteiger partial charge in [-0.25, -0.2) is 0 Å². The Morgan fingerprint density at radius 1 is 0.580 bits per heavy atom. The minimum absolute atomic E-state index is 0.0357. The molecule has 3 heterocycles. The molecule has 10 aromatic rings. The number of hydrogen-bond donors (Lipinski definition) is 0. The van der Waals surface area contributed by atoms with Crippen molar-refractivity contribution in [1.29, 1.82) is 0 Å². The molecule has 2 aromatic heterocycles. The molecule has 0 N–H and O–H groups in total. The van der Waals surface area contributed by atoms with Gasteiger partial charge < -0.3 is 14.2 Å². The topological polar surface area (TPSA) is 19.6 Å². The zero-order valence-corrected chi connectivity index (χ0v) is 48.5. The van der Waals surface area contributed by atoms with Crippen LogP contribution in [0.3, 0.4) is 0 Å². The van der Waals surface area contributed by atoms with E-state index in [1.807, 2.05) is 23.1 Å². The molecule has 2 unspecified atom stereocenters. The number of hydrogen-bond acceptors (Lipinski definition) is 5. The van der Waals surface area contributed by atoms with Crippen LogP contribution >= 0.6 is 23.1 Å². The summed E-state index contributed by atoms with van der Waals surface area (Å²) < 4.78 is 8.93. The number of anilines is 5. The van der Waals surface area contributed by atoms with E-state index in [1.165, 1.54) is 126 Å². The molecule has 1 spiro atoms. The molecule has 81 heavy (non-hydrogen) atoms. The highest BCUT2D eigenvalue weighted by atomic mass is 32.2. The number of furan rings is 1. The second-order valence-corrected chi connectivity index (χ2v) is 26.6. The first-order valence-corrected chi connectivity index (χ1v) is 31.1. The molecule has 2 atom stereocenters. The number of allylic oxidation sites excluding steroid dienone is 4. The van der Waals surface area contributed by atoms with Gasteiger partial charge in [-0.2, -0.15) is 0 Å². The van der Waals surface area contributed by atoms with Gasteiger partial charge in [0.1, 0.15) is 11.3 Å². The number of rotatable bonds is 8. The molecule has 3 nitrogen and oxygen atoms in total. The van der Waals surface area contributed by atoms with Crippen molar-refractivity contribution in [2.24, 2.45) is 0 Å². The van der Waals surface area contributed by atoms with Gasteiger partial charge in [-0.15, -0.1) is 23.1 Å². The fraction of sp³-hybridized carbons (Fsp3) is 0.211. The van der Waals surface area contributed by atoms with Gasteiger partial charge in [0.15, 0.2) is 0 Å². The standard InChI is InChI=1S/C76H64N2OS2/c1-45(2)47-33-37-49(38-34-47)77(64-28-17-22-54-52-19-8-15-31-68(52)80-73(54)64)51-41-42-56-62(43-51)76(60-26-12-10-24-58(60)75(5,6)59-25-11-13-27-61(59)76)63-44-66(71-57-21-7-14-30-67(57)79-72(71)70(56)63)78(50-39-35-48(36-40-50)46(3)4)65-29-18-23-55-53-20-9-16-32-69(53)81-74(55)65/h8,10-19,22-46,64,73H,7,9,20-21H2,1-6H3. The first-order valence-electron chi connectivity index (χ1n) is 29.4. The summed E-state index contributed by atoms with van der Waals surface area (Å²) in [5.41, 5.74) is 24.4. The molecule has 0 fully saturated rings. The number of thiophene rings is 1. The maximum atomic E-state index is 7.61. The molecular formula is C76H64N2OS2. The van der Waals surface area contributed by atoms with Gasteiger partial charge in [-0.3, -0.25) is 0 Å². The van der Waals surface area contributed by atoms with Crippen molar-refractivity contribution < 1.29 is 4.42 Å². The fourth-order valence-electron chi connectivity index (χ4n) is 15.1. The van der Waals surface area contributed by atoms with Crippen molar-refractivity contribution in [1.82, 2.24) is 0 Å². The molecule has 0 saturated carbocycles. The SMILES string of the molecule is CC(C)c1ccc(N(c2cccc3c4c(sc23)C=CCC4)c2cc3c(c4oc5c(c24)CCC=C5)-c2ccc(N(c4ccc(C(C)C)cc4)C4C=CC=C5c6ccccc6SC54)cc2C32c3ccccc3C(C)(C)c3ccccc32)cc1. The van der Waals surface area contributed by atoms with Crippen LogP contribution < -0.4 is 9.80 Å². The van der Waals surface area contributed by atoms with Gasteiger partial charge in [0, 0.05) is 48.8 Å². The maximum Gasteiger partial charge on any atom is 0.145 e. The van der Waals surface area contributed by atoms with Gasteiger partial charge in [-0.1, -0.05) is 181 Å². The Morgan fingerprint density at radius 2 is 1.23 bits per heavy atom. The highest BCUT2D eigenvalue weighted by Crippen LogP contribution is 2.66. The summed E-state index contributed by atoms with van der Waals surface area (Å²) >= 11 is 3.96. The molecule has 0 amide bonds. The lowest BCUT2D eigenvalue weighted by atomic mass is 9.55. The maximum absolute atomic E-state index is 7.61. The van der Waals surface area contributed by atoms with E-state index >= 15 is 0 Å². The Bertz CT molecular complexity index is 4330. The van der Waals surface area contributed by atoms with Crippen LogP contribution in [0.25, 0.3) is 49.9 Å². The van der Waals surface area contributed by atoms with Gasteiger partial charge in [0.05, 0.1) is 32.8 Å². The molecule has 0 radical (unpaired) electrons. The molecule has 0 saturated heterocycles. The van der Waals surface area contributed by atoms with E-state index < -0.39 is 5.41 Å². The van der Waals surface area contributed by atoms with Crippen LogP contribution in [0.5, 0.6) is 0 Å². The largest absolute Gasteiger partial charge is 0.456 e. The number of nitrogens with zero attached hydrogens (tertiary/aromatic N) is 2. The highest BCUT2D eigenvalue weighted by Gasteiger charge is 2.55. The molecule has 5 aliphatic carbocycles. The zero-order chi connectivity index (χ0) is 54.5. The number of benzene rings is 8. The molecule has 5 heteroatoms. The van der Waals surface area contributed by atoms with Gasteiger partial charge in [0.2, 0.25) is 0 Å². The van der Waals surface area contributed by atoms with E-state index in [0.717, 1.165) is 42.7 Å². The van der Waals surface area contributed by atoms with Crippen LogP contribution in [-0.2, 0) is 23.7 Å². The molecule has 0 bridgehead atoms. The zero-order valence-electron chi connectivity index (χ0n) is 46.9. The monoisotopic (exact) mass is 1080 g/mol. The van der Waals surface area contributed by atoms with Crippen molar-refractivity contribution in [2.75, 3.05) is 9.80 Å². The van der Waals surface area contributed by atoms with E-state index in [9.17, 15) is 0 Å². The fourth-order valence-corrected chi connectivity index (χ4v) is 17.8. The van der Waals surface area contributed by atoms with Crippen molar-refractivity contribution in [3.05, 3.63) is 266 Å². The summed E-state index contributed by atoms with van der Waals surface area (Å²) in [6.07, 6.45) is 20.4. The van der Waals surface area contributed by atoms with Crippen molar-refractivity contribution >= 4 is 90.3 Å². The molecule has 6 aliphatic rings. The Hall–Kier alpha value is -7.83. The molecular weight excluding hydrogens is 1020 g/mol. The van der Waals surface area contributed by atoms with Crippen molar-refractivity contribution in [2.45, 2.75) is 106 Å². The van der Waals surface area contributed by atoms with Crippen molar-refractivity contribution in [3.63, 3.8) is 0 Å². The van der Waals surface area contributed by atoms with Crippen molar-refractivity contribution in [3.8, 4) is 11.1 Å². The van der Waals surface area contributed by atoms with E-state index in [0.29, 0.717) is 11.8 Å². The molecule has 1 aliphatic heterocycles. The lowest BCUT2D eigenvalue weighted by molar-refractivity contribution is 0.563. The van der Waals surface area contributed by atoms with Gasteiger partial charge in [-0.05, 0) is 176 Å². The van der Waals surface area contributed by atoms with Gasteiger partial charge >= 0.3 is 0 Å². The van der Waals surface area contributed by atoms with Crippen LogP contribution in [0.2, 0.25) is 0 Å². The molecule has 16 rings (SSSR count). The lowest BCUT2D eigenvalue weighted by Crippen LogP contribution is -2.41. The third-order valence-corrected chi connectivity index (χ3v) is 21.6. The van der Waals surface area contributed by atoms with Gasteiger partial charge in [0.25, 0.3) is 0 Å². The summed E-state index contributed by atoms with van der Waals surface area (Å²) in [6, 6.07) is 64.0. The average Bonchev–Trinajstić information content (AvgIpc) is 2.77. The summed E-state index contributed by atoms with van der Waals surface area (Å²) in [5.74, 6) is 1.80. The first-order chi connectivity index (χ1) is 39.6. The number of thioether (sulfide) groups is 1. The van der Waals surface area contributed by atoms with Crippen LogP contribution in [0.4, 0.5) is 28.4 Å². The van der Waals surface area contributed by atoms with Crippen LogP contribution in [0, 0.1) is 0 Å². The number of aryl methyl sites for hydroxylation is 2. The van der Waals surface area contributed by atoms with Crippen LogP contribution in [0.1, 0.15) is 138 Å². The second-order valence-electron chi connectivity index (χ2n) is 24.4. The quantitative estimate of drug-likeness (QED) is 0.151. The Morgan fingerprint density at radius 3 is 1.96 bits per heavy atom. The van der Waals surface area contributed by atoms with E-state index in [4.69, 9.17) is 4.42 Å². The average molecular weight is 1090 g/mol. The molecule has 8 aromatic carbocycles. The minimum Gasteiger partial charge on any atom is -0.456 e. The predicted octanol–water partition coefficient (Wildman–Crippen LogP) is 20.9. The van der Waals surface area contributed by atoms with E-state index in [1.54, 1.807) is 0 Å². The smallest absolute Gasteiger partial charge is 0.145 e. The summed E-state index contributed by atoms with van der Waals surface area (Å²) in [5, 5.41) is 2.77. The Labute approximate surface area is 484 Å². The highest BCUT2D eigenvalue weighted by molar-refractivity contribution is 8.01. The number of fused-ring (bicyclic) bond motifs is 19. The van der Waals surface area contributed by atoms with Crippen LogP contribution in [0.15, 0.2) is 203 Å². The summed E-state index contributed by atoms with van der Waals surface area (Å²) in [4.78, 5) is 8.02. The Kier molecular flexibility index (Phi) is 11.1. The third kappa shape index (κ3) is 7.07. The second kappa shape index (κ2) is 18.3. The Balaban J connectivity index is 1.02. The predicted molar refractivity (Wildman–Crippen MR) is 344 cm³/mol. The summed E-state index contributed by atoms with van der Waals surface area (Å²) in [6.45, 7) is 14.1.